The molecule has 0 aliphatic carbocycles. The molecule has 2 aromatic carbocycles. The molecular formula is C17H18N2O2. The van der Waals surface area contributed by atoms with Crippen molar-refractivity contribution in [2.45, 2.75) is 19.9 Å². The second-order valence-corrected chi connectivity index (χ2v) is 4.67. The van der Waals surface area contributed by atoms with Crippen LogP contribution in [0.15, 0.2) is 54.6 Å². The molecule has 0 aliphatic rings. The number of anilines is 1. The number of aryl methyl sites for hydroxylation is 1. The number of carbonyl (C=O) groups excluding carboxylic acids is 2. The zero-order chi connectivity index (χ0) is 15.1. The van der Waals surface area contributed by atoms with Crippen LogP contribution in [0.3, 0.4) is 0 Å². The molecule has 4 heteroatoms. The van der Waals surface area contributed by atoms with E-state index in [1.54, 1.807) is 12.1 Å². The maximum atomic E-state index is 11.8. The molecule has 2 rings (SSSR count). The molecule has 2 N–H and O–H groups in total. The number of hydrogen-bond donors (Lipinski definition) is 2. The van der Waals surface area contributed by atoms with Gasteiger partial charge in [0.25, 0.3) is 0 Å². The normalized spacial score (nSPS) is 9.95. The van der Waals surface area contributed by atoms with E-state index in [1.807, 2.05) is 42.5 Å². The van der Waals surface area contributed by atoms with Crippen molar-refractivity contribution in [2.24, 2.45) is 0 Å². The molecule has 0 saturated heterocycles. The van der Waals surface area contributed by atoms with Crippen LogP contribution in [-0.2, 0) is 22.6 Å². The maximum absolute atomic E-state index is 11.8. The van der Waals surface area contributed by atoms with Crippen molar-refractivity contribution in [1.29, 1.82) is 0 Å². The van der Waals surface area contributed by atoms with E-state index in [2.05, 4.69) is 17.6 Å². The van der Waals surface area contributed by atoms with Crippen molar-refractivity contribution in [3.63, 3.8) is 0 Å². The van der Waals surface area contributed by atoms with E-state index in [1.165, 1.54) is 5.56 Å². The lowest BCUT2D eigenvalue weighted by Crippen LogP contribution is -2.34. The highest BCUT2D eigenvalue weighted by Gasteiger charge is 2.13. The van der Waals surface area contributed by atoms with Crippen LogP contribution in [-0.4, -0.2) is 11.8 Å². The van der Waals surface area contributed by atoms with Crippen LogP contribution in [0.5, 0.6) is 0 Å². The van der Waals surface area contributed by atoms with Crippen molar-refractivity contribution >= 4 is 17.5 Å². The summed E-state index contributed by atoms with van der Waals surface area (Å²) in [5.74, 6) is -1.30. The van der Waals surface area contributed by atoms with E-state index < -0.39 is 11.8 Å². The molecule has 21 heavy (non-hydrogen) atoms. The van der Waals surface area contributed by atoms with Gasteiger partial charge in [-0.25, -0.2) is 0 Å². The fraction of sp³-hybridized carbons (Fsp3) is 0.176. The molecule has 0 atom stereocenters. The Bertz CT molecular complexity index is 606. The number of rotatable bonds is 4. The molecule has 0 fully saturated rings. The number of benzene rings is 2. The molecule has 2 amide bonds. The Kier molecular flexibility index (Phi) is 5.10. The van der Waals surface area contributed by atoms with Crippen molar-refractivity contribution < 1.29 is 9.59 Å². The first-order valence-corrected chi connectivity index (χ1v) is 6.91. The lowest BCUT2D eigenvalue weighted by molar-refractivity contribution is -0.136. The van der Waals surface area contributed by atoms with Crippen LogP contribution in [0.2, 0.25) is 0 Å². The summed E-state index contributed by atoms with van der Waals surface area (Å²) in [6, 6.07) is 16.9. The molecule has 0 aromatic heterocycles. The van der Waals surface area contributed by atoms with E-state index in [9.17, 15) is 9.59 Å². The van der Waals surface area contributed by atoms with Gasteiger partial charge in [0.2, 0.25) is 0 Å². The largest absolute Gasteiger partial charge is 0.344 e. The average Bonchev–Trinajstić information content (AvgIpc) is 2.54. The van der Waals surface area contributed by atoms with Gasteiger partial charge in [-0.3, -0.25) is 9.59 Å². The van der Waals surface area contributed by atoms with E-state index in [-0.39, 0.29) is 0 Å². The smallest absolute Gasteiger partial charge is 0.313 e. The van der Waals surface area contributed by atoms with Gasteiger partial charge in [0.1, 0.15) is 0 Å². The van der Waals surface area contributed by atoms with Gasteiger partial charge >= 0.3 is 11.8 Å². The Morgan fingerprint density at radius 1 is 0.857 bits per heavy atom. The summed E-state index contributed by atoms with van der Waals surface area (Å²) >= 11 is 0. The van der Waals surface area contributed by atoms with Gasteiger partial charge in [-0.05, 0) is 29.7 Å². The summed E-state index contributed by atoms with van der Waals surface area (Å²) < 4.78 is 0. The van der Waals surface area contributed by atoms with Crippen LogP contribution >= 0.6 is 0 Å². The van der Waals surface area contributed by atoms with Crippen LogP contribution in [0.1, 0.15) is 18.1 Å². The Morgan fingerprint density at radius 2 is 1.52 bits per heavy atom. The van der Waals surface area contributed by atoms with Crippen molar-refractivity contribution in [1.82, 2.24) is 5.32 Å². The van der Waals surface area contributed by atoms with Gasteiger partial charge in [0, 0.05) is 12.2 Å². The number of carbonyl (C=O) groups is 2. The van der Waals surface area contributed by atoms with Gasteiger partial charge in [-0.15, -0.1) is 0 Å². The minimum atomic E-state index is -0.657. The zero-order valence-corrected chi connectivity index (χ0v) is 11.9. The highest BCUT2D eigenvalue weighted by molar-refractivity contribution is 6.39. The molecule has 0 spiro atoms. The van der Waals surface area contributed by atoms with Crippen LogP contribution in [0.25, 0.3) is 0 Å². The van der Waals surface area contributed by atoms with Crippen LogP contribution in [0, 0.1) is 0 Å². The highest BCUT2D eigenvalue weighted by Crippen LogP contribution is 2.09. The molecule has 0 radical (unpaired) electrons. The lowest BCUT2D eigenvalue weighted by atomic mass is 10.1. The minimum absolute atomic E-state index is 0.335. The monoisotopic (exact) mass is 282 g/mol. The quantitative estimate of drug-likeness (QED) is 0.847. The van der Waals surface area contributed by atoms with Gasteiger partial charge in [-0.2, -0.15) is 0 Å². The van der Waals surface area contributed by atoms with Crippen LogP contribution in [0.4, 0.5) is 5.69 Å². The maximum Gasteiger partial charge on any atom is 0.313 e. The molecule has 0 saturated carbocycles. The SMILES string of the molecule is CCc1ccc(NC(=O)C(=O)NCc2ccccc2)cc1. The molecule has 0 unspecified atom stereocenters. The molecule has 108 valence electrons. The third-order valence-corrected chi connectivity index (χ3v) is 3.12. The van der Waals surface area contributed by atoms with E-state index in [0.717, 1.165) is 12.0 Å². The third-order valence-electron chi connectivity index (χ3n) is 3.12. The van der Waals surface area contributed by atoms with E-state index in [4.69, 9.17) is 0 Å². The Morgan fingerprint density at radius 3 is 2.14 bits per heavy atom. The Balaban J connectivity index is 1.86. The molecule has 4 nitrogen and oxygen atoms in total. The fourth-order valence-electron chi connectivity index (χ4n) is 1.87. The van der Waals surface area contributed by atoms with Crippen molar-refractivity contribution in [2.75, 3.05) is 5.32 Å². The average molecular weight is 282 g/mol. The Hall–Kier alpha value is -2.62. The number of nitrogens with one attached hydrogen (secondary N) is 2. The fourth-order valence-corrected chi connectivity index (χ4v) is 1.87. The topological polar surface area (TPSA) is 58.2 Å². The summed E-state index contributed by atoms with van der Waals surface area (Å²) in [5, 5.41) is 5.17. The van der Waals surface area contributed by atoms with Gasteiger partial charge in [-0.1, -0.05) is 49.4 Å². The lowest BCUT2D eigenvalue weighted by Gasteiger charge is -2.07. The molecule has 0 heterocycles. The van der Waals surface area contributed by atoms with E-state index >= 15 is 0 Å². The second-order valence-electron chi connectivity index (χ2n) is 4.67. The van der Waals surface area contributed by atoms with E-state index in [0.29, 0.717) is 12.2 Å². The zero-order valence-electron chi connectivity index (χ0n) is 11.9. The standard InChI is InChI=1S/C17H18N2O2/c1-2-13-8-10-15(11-9-13)19-17(21)16(20)18-12-14-6-4-3-5-7-14/h3-11H,2,12H2,1H3,(H,18,20)(H,19,21). The van der Waals surface area contributed by atoms with Crippen LogP contribution < -0.4 is 10.6 Å². The second kappa shape index (κ2) is 7.24. The third kappa shape index (κ3) is 4.45. The summed E-state index contributed by atoms with van der Waals surface area (Å²) in [4.78, 5) is 23.5. The first-order valence-electron chi connectivity index (χ1n) is 6.91. The molecule has 0 aliphatic heterocycles. The highest BCUT2D eigenvalue weighted by atomic mass is 16.2. The summed E-state index contributed by atoms with van der Waals surface area (Å²) in [5.41, 5.74) is 2.75. The first kappa shape index (κ1) is 14.8. The summed E-state index contributed by atoms with van der Waals surface area (Å²) in [6.07, 6.45) is 0.936. The van der Waals surface area contributed by atoms with Gasteiger partial charge in [0.15, 0.2) is 0 Å². The number of amides is 2. The number of hydrogen-bond acceptors (Lipinski definition) is 2. The first-order chi connectivity index (χ1) is 10.2. The minimum Gasteiger partial charge on any atom is -0.344 e. The predicted octanol–water partition coefficient (Wildman–Crippen LogP) is 2.50. The molecular weight excluding hydrogens is 264 g/mol. The van der Waals surface area contributed by atoms with Crippen molar-refractivity contribution in [3.05, 3.63) is 65.7 Å². The van der Waals surface area contributed by atoms with Gasteiger partial charge in [0.05, 0.1) is 0 Å². The summed E-state index contributed by atoms with van der Waals surface area (Å²) in [6.45, 7) is 2.40. The van der Waals surface area contributed by atoms with Crippen molar-refractivity contribution in [3.8, 4) is 0 Å². The van der Waals surface area contributed by atoms with Gasteiger partial charge < -0.3 is 10.6 Å². The summed E-state index contributed by atoms with van der Waals surface area (Å²) in [7, 11) is 0. The molecule has 2 aromatic rings. The Labute approximate surface area is 124 Å². The molecule has 0 bridgehead atoms. The predicted molar refractivity (Wildman–Crippen MR) is 82.7 cm³/mol.